The van der Waals surface area contributed by atoms with Crippen molar-refractivity contribution in [1.82, 2.24) is 4.90 Å². The van der Waals surface area contributed by atoms with Gasteiger partial charge in [-0.05, 0) is 5.57 Å². The Labute approximate surface area is 84.9 Å². The molecule has 0 bridgehead atoms. The van der Waals surface area contributed by atoms with Gasteiger partial charge >= 0.3 is 5.97 Å². The van der Waals surface area contributed by atoms with Crippen LogP contribution in [0.2, 0.25) is 0 Å². The van der Waals surface area contributed by atoms with Gasteiger partial charge in [0.25, 0.3) is 0 Å². The quantitative estimate of drug-likeness (QED) is 0.442. The minimum absolute atomic E-state index is 0.186. The van der Waals surface area contributed by atoms with Crippen molar-refractivity contribution in [2.75, 3.05) is 5.75 Å². The highest BCUT2D eigenvalue weighted by Crippen LogP contribution is 2.38. The van der Waals surface area contributed by atoms with Gasteiger partial charge in [0.2, 0.25) is 5.91 Å². The van der Waals surface area contributed by atoms with Crippen LogP contribution in [-0.2, 0) is 9.59 Å². The van der Waals surface area contributed by atoms with Gasteiger partial charge in [-0.3, -0.25) is 4.79 Å². The maximum absolute atomic E-state index is 11.3. The molecule has 3 N–H and O–H groups in total. The summed E-state index contributed by atoms with van der Waals surface area (Å²) >= 11 is 1.47. The molecule has 2 heterocycles. The Morgan fingerprint density at radius 3 is 2.93 bits per heavy atom. The van der Waals surface area contributed by atoms with Gasteiger partial charge in [0.05, 0.1) is 0 Å². The smallest absolute Gasteiger partial charge is 0.330 e. The molecular formula is C8H10N2O3S. The van der Waals surface area contributed by atoms with Crippen molar-refractivity contribution >= 4 is 23.6 Å². The van der Waals surface area contributed by atoms with Crippen LogP contribution in [0, 0.1) is 0 Å². The third-order valence-electron chi connectivity index (χ3n) is 2.46. The molecule has 3 atom stereocenters. The van der Waals surface area contributed by atoms with Gasteiger partial charge in [-0.25, -0.2) is 4.79 Å². The van der Waals surface area contributed by atoms with E-state index in [1.807, 2.05) is 0 Å². The molecule has 5 nitrogen and oxygen atoms in total. The first-order valence-electron chi connectivity index (χ1n) is 4.14. The molecule has 0 radical (unpaired) electrons. The van der Waals surface area contributed by atoms with E-state index in [0.717, 1.165) is 0 Å². The summed E-state index contributed by atoms with van der Waals surface area (Å²) in [4.78, 5) is 23.6. The standard InChI is InChI=1S/C8H10N2O3S/c1-3-2-14-7-4(9)6(11)10(7)5(3)8(12)13/h4-5,7H,1-2,9H2,(H,12,13). The number of carbonyl (C=O) groups excluding carboxylic acids is 1. The topological polar surface area (TPSA) is 83.6 Å². The number of nitrogens with two attached hydrogens (primary N) is 1. The number of hydrogen-bond donors (Lipinski definition) is 2. The van der Waals surface area contributed by atoms with Crippen LogP contribution in [0.1, 0.15) is 0 Å². The van der Waals surface area contributed by atoms with E-state index in [0.29, 0.717) is 11.3 Å². The molecule has 2 aliphatic heterocycles. The van der Waals surface area contributed by atoms with Gasteiger partial charge in [0.15, 0.2) is 6.04 Å². The van der Waals surface area contributed by atoms with E-state index in [-0.39, 0.29) is 11.3 Å². The van der Waals surface area contributed by atoms with Gasteiger partial charge < -0.3 is 15.7 Å². The van der Waals surface area contributed by atoms with Crippen LogP contribution in [0.4, 0.5) is 0 Å². The van der Waals surface area contributed by atoms with Crippen molar-refractivity contribution in [3.63, 3.8) is 0 Å². The van der Waals surface area contributed by atoms with Gasteiger partial charge in [0, 0.05) is 5.75 Å². The van der Waals surface area contributed by atoms with E-state index in [9.17, 15) is 9.59 Å². The number of thioether (sulfide) groups is 1. The zero-order valence-electron chi connectivity index (χ0n) is 7.34. The Bertz CT molecular complexity index is 331. The van der Waals surface area contributed by atoms with Crippen LogP contribution in [0.25, 0.3) is 0 Å². The molecule has 2 aliphatic rings. The third-order valence-corrected chi connectivity index (χ3v) is 3.86. The Hall–Kier alpha value is -1.01. The molecule has 1 amide bonds. The summed E-state index contributed by atoms with van der Waals surface area (Å²) in [5.41, 5.74) is 6.10. The highest BCUT2D eigenvalue weighted by Gasteiger charge is 2.53. The lowest BCUT2D eigenvalue weighted by atomic mass is 9.99. The maximum atomic E-state index is 11.3. The number of carboxylic acids is 1. The zero-order valence-corrected chi connectivity index (χ0v) is 8.16. The molecule has 14 heavy (non-hydrogen) atoms. The Morgan fingerprint density at radius 1 is 1.71 bits per heavy atom. The molecule has 3 unspecified atom stereocenters. The summed E-state index contributed by atoms with van der Waals surface area (Å²) in [6.45, 7) is 3.66. The fourth-order valence-electron chi connectivity index (χ4n) is 1.73. The maximum Gasteiger partial charge on any atom is 0.330 e. The molecule has 0 spiro atoms. The number of fused-ring (bicyclic) bond motifs is 1. The molecule has 6 heteroatoms. The van der Waals surface area contributed by atoms with Crippen LogP contribution in [0.5, 0.6) is 0 Å². The largest absolute Gasteiger partial charge is 0.479 e. The number of hydrogen-bond acceptors (Lipinski definition) is 4. The first-order valence-corrected chi connectivity index (χ1v) is 5.18. The molecule has 2 fully saturated rings. The minimum atomic E-state index is -1.03. The Morgan fingerprint density at radius 2 is 2.36 bits per heavy atom. The average Bonchev–Trinajstić information content (AvgIpc) is 2.15. The van der Waals surface area contributed by atoms with Crippen molar-refractivity contribution in [3.05, 3.63) is 12.2 Å². The third kappa shape index (κ3) is 1.07. The normalized spacial score (nSPS) is 36.4. The summed E-state index contributed by atoms with van der Waals surface area (Å²) in [6, 6.07) is -1.43. The van der Waals surface area contributed by atoms with E-state index in [1.54, 1.807) is 0 Å². The first kappa shape index (κ1) is 9.54. The molecule has 0 aliphatic carbocycles. The Kier molecular flexibility index (Phi) is 2.04. The molecule has 2 rings (SSSR count). The van der Waals surface area contributed by atoms with Gasteiger partial charge in [-0.1, -0.05) is 6.58 Å². The van der Waals surface area contributed by atoms with Crippen LogP contribution in [-0.4, -0.2) is 45.1 Å². The van der Waals surface area contributed by atoms with Crippen LogP contribution in [0.15, 0.2) is 12.2 Å². The SMILES string of the molecule is C=C1CSC2C(N)C(=O)N2C1C(=O)O. The summed E-state index contributed by atoms with van der Waals surface area (Å²) in [5, 5.41) is 8.74. The molecule has 0 aromatic heterocycles. The lowest BCUT2D eigenvalue weighted by Crippen LogP contribution is -2.73. The fraction of sp³-hybridized carbons (Fsp3) is 0.500. The van der Waals surface area contributed by atoms with E-state index < -0.39 is 18.1 Å². The van der Waals surface area contributed by atoms with E-state index in [1.165, 1.54) is 16.7 Å². The van der Waals surface area contributed by atoms with Crippen LogP contribution < -0.4 is 5.73 Å². The Balaban J connectivity index is 2.26. The number of carbonyl (C=O) groups is 2. The van der Waals surface area contributed by atoms with E-state index in [2.05, 4.69) is 6.58 Å². The number of carboxylic acid groups (broad SMARTS) is 1. The second-order valence-corrected chi connectivity index (χ2v) is 4.48. The van der Waals surface area contributed by atoms with Gasteiger partial charge in [-0.15, -0.1) is 11.8 Å². The van der Waals surface area contributed by atoms with Crippen molar-refractivity contribution in [2.24, 2.45) is 5.73 Å². The van der Waals surface area contributed by atoms with Crippen LogP contribution in [0.3, 0.4) is 0 Å². The molecule has 2 saturated heterocycles. The second-order valence-electron chi connectivity index (χ2n) is 3.37. The fourth-order valence-corrected chi connectivity index (χ4v) is 2.98. The van der Waals surface area contributed by atoms with E-state index >= 15 is 0 Å². The average molecular weight is 214 g/mol. The molecular weight excluding hydrogens is 204 g/mol. The van der Waals surface area contributed by atoms with Crippen molar-refractivity contribution in [1.29, 1.82) is 0 Å². The lowest BCUT2D eigenvalue weighted by molar-refractivity contribution is -0.158. The van der Waals surface area contributed by atoms with Gasteiger partial charge in [-0.2, -0.15) is 0 Å². The predicted molar refractivity (Wildman–Crippen MR) is 51.6 cm³/mol. The van der Waals surface area contributed by atoms with Crippen molar-refractivity contribution in [3.8, 4) is 0 Å². The number of amides is 1. The number of aliphatic carboxylic acids is 1. The summed E-state index contributed by atoms with van der Waals surface area (Å²) in [7, 11) is 0. The summed E-state index contributed by atoms with van der Waals surface area (Å²) in [5.74, 6) is -0.768. The monoisotopic (exact) mass is 214 g/mol. The number of nitrogens with zero attached hydrogens (tertiary/aromatic N) is 1. The highest BCUT2D eigenvalue weighted by molar-refractivity contribution is 8.00. The number of β-lactam (4-membered cyclic amide) rings is 1. The second kappa shape index (κ2) is 2.99. The van der Waals surface area contributed by atoms with Crippen LogP contribution >= 0.6 is 11.8 Å². The number of rotatable bonds is 1. The van der Waals surface area contributed by atoms with Gasteiger partial charge in [0.1, 0.15) is 11.4 Å². The van der Waals surface area contributed by atoms with Crippen molar-refractivity contribution < 1.29 is 14.7 Å². The molecule has 0 aromatic carbocycles. The minimum Gasteiger partial charge on any atom is -0.479 e. The highest BCUT2D eigenvalue weighted by atomic mass is 32.2. The summed E-state index contributed by atoms with van der Waals surface area (Å²) in [6.07, 6.45) is 0. The van der Waals surface area contributed by atoms with E-state index in [4.69, 9.17) is 10.8 Å². The molecule has 0 aromatic rings. The predicted octanol–water partition coefficient (Wildman–Crippen LogP) is -0.762. The first-order chi connectivity index (χ1) is 6.54. The zero-order chi connectivity index (χ0) is 10.5. The van der Waals surface area contributed by atoms with Crippen molar-refractivity contribution in [2.45, 2.75) is 17.5 Å². The summed E-state index contributed by atoms with van der Waals surface area (Å²) < 4.78 is 0. The lowest BCUT2D eigenvalue weighted by Gasteiger charge is -2.51. The molecule has 0 saturated carbocycles. The molecule has 76 valence electrons.